The average Bonchev–Trinajstić information content (AvgIpc) is 2.48. The fraction of sp³-hybridized carbons (Fsp3) is 0. The van der Waals surface area contributed by atoms with Gasteiger partial charge in [-0.3, -0.25) is 4.98 Å². The number of rotatable bonds is 2. The normalized spacial score (nSPS) is 10.1. The number of pyridine rings is 2. The van der Waals surface area contributed by atoms with Crippen molar-refractivity contribution in [3.8, 4) is 17.7 Å². The first-order valence-corrected chi connectivity index (χ1v) is 5.75. The van der Waals surface area contributed by atoms with Crippen LogP contribution in [0.2, 0.25) is 0 Å². The summed E-state index contributed by atoms with van der Waals surface area (Å²) < 4.78 is 5.73. The zero-order valence-corrected chi connectivity index (χ0v) is 9.95. The molecule has 90 valence electrons. The van der Waals surface area contributed by atoms with E-state index in [4.69, 9.17) is 10.00 Å². The minimum atomic E-state index is 0.330. The minimum Gasteiger partial charge on any atom is -0.438 e. The fourth-order valence-corrected chi connectivity index (χ4v) is 1.81. The van der Waals surface area contributed by atoms with E-state index in [-0.39, 0.29) is 0 Å². The molecule has 0 bridgehead atoms. The molecule has 4 nitrogen and oxygen atoms in total. The van der Waals surface area contributed by atoms with Crippen molar-refractivity contribution in [3.63, 3.8) is 0 Å². The molecule has 0 saturated carbocycles. The van der Waals surface area contributed by atoms with Crippen LogP contribution in [-0.2, 0) is 0 Å². The molecule has 2 heterocycles. The van der Waals surface area contributed by atoms with Crippen LogP contribution in [0.15, 0.2) is 54.7 Å². The summed E-state index contributed by atoms with van der Waals surface area (Å²) in [6.45, 7) is 0. The molecule has 0 atom stereocenters. The van der Waals surface area contributed by atoms with E-state index in [1.807, 2.05) is 36.4 Å². The van der Waals surface area contributed by atoms with Crippen LogP contribution in [0, 0.1) is 11.3 Å². The van der Waals surface area contributed by atoms with Gasteiger partial charge in [0.2, 0.25) is 5.88 Å². The first-order chi connectivity index (χ1) is 9.36. The van der Waals surface area contributed by atoms with Crippen LogP contribution in [0.25, 0.3) is 10.9 Å². The van der Waals surface area contributed by atoms with E-state index in [9.17, 15) is 0 Å². The fourth-order valence-electron chi connectivity index (χ4n) is 1.81. The lowest BCUT2D eigenvalue weighted by Gasteiger charge is -2.07. The lowest BCUT2D eigenvalue weighted by molar-refractivity contribution is 0.467. The van der Waals surface area contributed by atoms with E-state index in [2.05, 4.69) is 9.97 Å². The first-order valence-electron chi connectivity index (χ1n) is 5.75. The highest BCUT2D eigenvalue weighted by atomic mass is 16.5. The third-order valence-corrected chi connectivity index (χ3v) is 2.66. The molecule has 0 fully saturated rings. The molecule has 3 rings (SSSR count). The molecule has 0 aliphatic heterocycles. The number of benzene rings is 1. The van der Waals surface area contributed by atoms with E-state index in [1.54, 1.807) is 24.4 Å². The number of fused-ring (bicyclic) bond motifs is 1. The molecule has 4 heteroatoms. The van der Waals surface area contributed by atoms with Gasteiger partial charge in [-0.15, -0.1) is 0 Å². The van der Waals surface area contributed by atoms with Gasteiger partial charge in [0, 0.05) is 17.6 Å². The van der Waals surface area contributed by atoms with Gasteiger partial charge in [0.25, 0.3) is 0 Å². The van der Waals surface area contributed by atoms with E-state index >= 15 is 0 Å². The highest BCUT2D eigenvalue weighted by Crippen LogP contribution is 2.27. The van der Waals surface area contributed by atoms with Gasteiger partial charge in [0.15, 0.2) is 0 Å². The molecule has 19 heavy (non-hydrogen) atoms. The number of hydrogen-bond donors (Lipinski definition) is 0. The summed E-state index contributed by atoms with van der Waals surface area (Å²) >= 11 is 0. The van der Waals surface area contributed by atoms with Gasteiger partial charge in [-0.25, -0.2) is 4.98 Å². The van der Waals surface area contributed by atoms with Crippen molar-refractivity contribution >= 4 is 10.9 Å². The summed E-state index contributed by atoms with van der Waals surface area (Å²) in [4.78, 5) is 8.35. The number of nitriles is 1. The van der Waals surface area contributed by atoms with Gasteiger partial charge in [0.05, 0.1) is 5.52 Å². The van der Waals surface area contributed by atoms with E-state index in [1.165, 1.54) is 0 Å². The van der Waals surface area contributed by atoms with E-state index < -0.39 is 0 Å². The van der Waals surface area contributed by atoms with Crippen molar-refractivity contribution in [3.05, 3.63) is 60.4 Å². The molecule has 0 spiro atoms. The Morgan fingerprint density at radius 1 is 1.00 bits per heavy atom. The van der Waals surface area contributed by atoms with Crippen LogP contribution in [-0.4, -0.2) is 9.97 Å². The van der Waals surface area contributed by atoms with Crippen LogP contribution < -0.4 is 4.74 Å². The maximum atomic E-state index is 8.82. The summed E-state index contributed by atoms with van der Waals surface area (Å²) in [6.07, 6.45) is 1.74. The SMILES string of the molecule is N#Cc1cccc(Oc2cccc3ncccc23)n1. The largest absolute Gasteiger partial charge is 0.438 e. The van der Waals surface area contributed by atoms with Gasteiger partial charge in [0.1, 0.15) is 17.5 Å². The topological polar surface area (TPSA) is 58.8 Å². The summed E-state index contributed by atoms with van der Waals surface area (Å²) in [5.74, 6) is 1.07. The van der Waals surface area contributed by atoms with Crippen LogP contribution in [0.1, 0.15) is 5.69 Å². The minimum absolute atomic E-state index is 0.330. The van der Waals surface area contributed by atoms with E-state index in [0.717, 1.165) is 10.9 Å². The van der Waals surface area contributed by atoms with Crippen LogP contribution in [0.3, 0.4) is 0 Å². The van der Waals surface area contributed by atoms with Crippen LogP contribution >= 0.6 is 0 Å². The molecule has 0 radical (unpaired) electrons. The number of nitrogens with zero attached hydrogens (tertiary/aromatic N) is 3. The monoisotopic (exact) mass is 247 g/mol. The first kappa shape index (κ1) is 11.2. The Hall–Kier alpha value is -2.93. The molecular formula is C15H9N3O. The molecule has 1 aromatic carbocycles. The van der Waals surface area contributed by atoms with Gasteiger partial charge < -0.3 is 4.74 Å². The lowest BCUT2D eigenvalue weighted by Crippen LogP contribution is -1.91. The molecule has 2 aromatic heterocycles. The predicted molar refractivity (Wildman–Crippen MR) is 70.8 cm³/mol. The Kier molecular flexibility index (Phi) is 2.79. The van der Waals surface area contributed by atoms with Crippen molar-refractivity contribution in [2.75, 3.05) is 0 Å². The number of hydrogen-bond acceptors (Lipinski definition) is 4. The second-order valence-corrected chi connectivity index (χ2v) is 3.90. The van der Waals surface area contributed by atoms with E-state index in [0.29, 0.717) is 17.3 Å². The quantitative estimate of drug-likeness (QED) is 0.697. The maximum absolute atomic E-state index is 8.82. The maximum Gasteiger partial charge on any atom is 0.220 e. The molecule has 0 saturated heterocycles. The third kappa shape index (κ3) is 2.22. The Balaban J connectivity index is 2.04. The smallest absolute Gasteiger partial charge is 0.220 e. The summed E-state index contributed by atoms with van der Waals surface area (Å²) in [5.41, 5.74) is 1.19. The molecular weight excluding hydrogens is 238 g/mol. The highest BCUT2D eigenvalue weighted by molar-refractivity contribution is 5.85. The van der Waals surface area contributed by atoms with Crippen molar-refractivity contribution in [1.29, 1.82) is 5.26 Å². The second-order valence-electron chi connectivity index (χ2n) is 3.90. The summed E-state index contributed by atoms with van der Waals surface area (Å²) in [6, 6.07) is 16.5. The van der Waals surface area contributed by atoms with Gasteiger partial charge in [-0.2, -0.15) is 5.26 Å². The van der Waals surface area contributed by atoms with Crippen molar-refractivity contribution in [2.45, 2.75) is 0 Å². The predicted octanol–water partition coefficient (Wildman–Crippen LogP) is 3.29. The number of ether oxygens (including phenoxy) is 1. The Labute approximate surface area is 109 Å². The molecule has 0 N–H and O–H groups in total. The van der Waals surface area contributed by atoms with Gasteiger partial charge in [-0.05, 0) is 30.3 Å². The Morgan fingerprint density at radius 2 is 1.89 bits per heavy atom. The van der Waals surface area contributed by atoms with Crippen LogP contribution in [0.4, 0.5) is 0 Å². The van der Waals surface area contributed by atoms with Crippen LogP contribution in [0.5, 0.6) is 11.6 Å². The molecule has 0 aliphatic rings. The lowest BCUT2D eigenvalue weighted by atomic mass is 10.2. The zero-order chi connectivity index (χ0) is 13.1. The zero-order valence-electron chi connectivity index (χ0n) is 9.95. The third-order valence-electron chi connectivity index (χ3n) is 2.66. The van der Waals surface area contributed by atoms with Crippen molar-refractivity contribution in [2.24, 2.45) is 0 Å². The standard InChI is InChI=1S/C15H9N3O/c16-10-11-4-1-8-15(18-11)19-14-7-2-6-13-12(14)5-3-9-17-13/h1-9H. The molecule has 3 aromatic rings. The molecule has 0 unspecified atom stereocenters. The van der Waals surface area contributed by atoms with Crippen molar-refractivity contribution < 1.29 is 4.74 Å². The average molecular weight is 247 g/mol. The van der Waals surface area contributed by atoms with Gasteiger partial charge in [-0.1, -0.05) is 12.1 Å². The second kappa shape index (κ2) is 4.75. The summed E-state index contributed by atoms with van der Waals surface area (Å²) in [5, 5.41) is 9.73. The Morgan fingerprint density at radius 3 is 2.79 bits per heavy atom. The summed E-state index contributed by atoms with van der Waals surface area (Å²) in [7, 11) is 0. The number of aromatic nitrogens is 2. The Bertz CT molecular complexity index is 772. The van der Waals surface area contributed by atoms with Gasteiger partial charge >= 0.3 is 0 Å². The molecule has 0 aliphatic carbocycles. The van der Waals surface area contributed by atoms with Crippen molar-refractivity contribution in [1.82, 2.24) is 9.97 Å². The molecule has 0 amide bonds. The highest BCUT2D eigenvalue weighted by Gasteiger charge is 2.05.